The molecule has 0 aliphatic carbocycles. The molecular weight excluding hydrogens is 470 g/mol. The van der Waals surface area contributed by atoms with Crippen LogP contribution in [0.2, 0.25) is 0 Å². The summed E-state index contributed by atoms with van der Waals surface area (Å²) in [4.78, 5) is 25.4. The van der Waals surface area contributed by atoms with Crippen LogP contribution in [-0.4, -0.2) is 40.6 Å². The first-order valence-corrected chi connectivity index (χ1v) is 12.2. The number of nitrogens with zero attached hydrogens (tertiary/aromatic N) is 1. The van der Waals surface area contributed by atoms with Crippen LogP contribution in [0.1, 0.15) is 18.1 Å². The fraction of sp³-hybridized carbons (Fsp3) is 0.231. The van der Waals surface area contributed by atoms with E-state index in [0.717, 1.165) is 22.9 Å². The van der Waals surface area contributed by atoms with Crippen LogP contribution in [0.4, 0.5) is 5.69 Å². The van der Waals surface area contributed by atoms with E-state index in [0.29, 0.717) is 11.6 Å². The minimum absolute atomic E-state index is 0.0574. The van der Waals surface area contributed by atoms with Crippen LogP contribution < -0.4 is 9.64 Å². The summed E-state index contributed by atoms with van der Waals surface area (Å²) in [5.41, 5.74) is 2.92. The Morgan fingerprint density at radius 3 is 2.23 bits per heavy atom. The lowest BCUT2D eigenvalue weighted by atomic mass is 10.2. The van der Waals surface area contributed by atoms with E-state index in [1.165, 1.54) is 25.1 Å². The summed E-state index contributed by atoms with van der Waals surface area (Å²) in [5, 5.41) is 0. The van der Waals surface area contributed by atoms with Crippen molar-refractivity contribution in [2.45, 2.75) is 25.7 Å². The summed E-state index contributed by atoms with van der Waals surface area (Å²) in [7, 11) is -2.45. The summed E-state index contributed by atoms with van der Waals surface area (Å²) in [5.74, 6) is -0.763. The Morgan fingerprint density at radius 1 is 1.00 bits per heavy atom. The topological polar surface area (TPSA) is 99.2 Å². The first-order valence-electron chi connectivity index (χ1n) is 10.8. The van der Waals surface area contributed by atoms with Crippen LogP contribution in [0.25, 0.3) is 0 Å². The number of sulfone groups is 1. The van der Waals surface area contributed by atoms with Crippen LogP contribution in [0.15, 0.2) is 82.5 Å². The zero-order valence-electron chi connectivity index (χ0n) is 20.0. The van der Waals surface area contributed by atoms with Crippen molar-refractivity contribution in [1.29, 1.82) is 0 Å². The number of anilines is 1. The smallest absolute Gasteiger partial charge is 0.350 e. The van der Waals surface area contributed by atoms with Gasteiger partial charge in [0.1, 0.15) is 13.2 Å². The fourth-order valence-corrected chi connectivity index (χ4v) is 4.42. The molecule has 0 spiro atoms. The highest BCUT2D eigenvalue weighted by atomic mass is 32.2. The predicted octanol–water partition coefficient (Wildman–Crippen LogP) is 3.99. The Hall–Kier alpha value is -3.85. The van der Waals surface area contributed by atoms with Crippen LogP contribution in [0.3, 0.4) is 0 Å². The highest BCUT2D eigenvalue weighted by Crippen LogP contribution is 2.38. The van der Waals surface area contributed by atoms with E-state index in [1.54, 1.807) is 24.1 Å². The van der Waals surface area contributed by atoms with Gasteiger partial charge in [-0.1, -0.05) is 30.3 Å². The third-order valence-corrected chi connectivity index (χ3v) is 6.89. The fourth-order valence-electron chi connectivity index (χ4n) is 3.14. The van der Waals surface area contributed by atoms with Gasteiger partial charge in [-0.15, -0.1) is 0 Å². The van der Waals surface area contributed by atoms with E-state index in [1.807, 2.05) is 32.0 Å². The molecule has 9 heteroatoms. The zero-order valence-corrected chi connectivity index (χ0v) is 20.8. The molecule has 0 fully saturated rings. The molecule has 0 amide bonds. The molecule has 0 saturated carbocycles. The maximum Gasteiger partial charge on any atom is 0.350 e. The minimum atomic E-state index is -4.22. The number of benzene rings is 2. The van der Waals surface area contributed by atoms with Gasteiger partial charge in [0.15, 0.2) is 16.5 Å². The summed E-state index contributed by atoms with van der Waals surface area (Å²) in [6, 6.07) is 11.8. The monoisotopic (exact) mass is 497 g/mol. The minimum Gasteiger partial charge on any atom is -0.459 e. The number of fused-ring (bicyclic) bond motifs is 1. The highest BCUT2D eigenvalue weighted by Gasteiger charge is 2.29. The molecule has 8 nitrogen and oxygen atoms in total. The van der Waals surface area contributed by atoms with Gasteiger partial charge in [-0.05, 0) is 56.7 Å². The summed E-state index contributed by atoms with van der Waals surface area (Å²) < 4.78 is 42.4. The van der Waals surface area contributed by atoms with Crippen LogP contribution in [0, 0.1) is 13.8 Å². The Labute approximate surface area is 205 Å². The SMILES string of the molecule is C=C(C)C(=O)OCCOC(=O)/C(=C/C=C1\Oc2ccc(C)cc2N1C)S(=O)(=O)c1ccc(C)cc1. The second-order valence-electron chi connectivity index (χ2n) is 8.04. The van der Waals surface area contributed by atoms with Gasteiger partial charge in [0.25, 0.3) is 0 Å². The summed E-state index contributed by atoms with van der Waals surface area (Å²) >= 11 is 0. The first kappa shape index (κ1) is 25.8. The van der Waals surface area contributed by atoms with E-state index in [9.17, 15) is 18.0 Å². The van der Waals surface area contributed by atoms with Crippen LogP contribution in [-0.2, 0) is 28.9 Å². The molecule has 1 heterocycles. The van der Waals surface area contributed by atoms with Gasteiger partial charge in [-0.3, -0.25) is 0 Å². The second-order valence-corrected chi connectivity index (χ2v) is 9.95. The molecule has 1 aliphatic heterocycles. The Kier molecular flexibility index (Phi) is 7.81. The second kappa shape index (κ2) is 10.6. The predicted molar refractivity (Wildman–Crippen MR) is 131 cm³/mol. The largest absolute Gasteiger partial charge is 0.459 e. The Balaban J connectivity index is 1.89. The van der Waals surface area contributed by atoms with Crippen molar-refractivity contribution < 1.29 is 32.2 Å². The highest BCUT2D eigenvalue weighted by molar-refractivity contribution is 7.96. The van der Waals surface area contributed by atoms with Crippen LogP contribution in [0.5, 0.6) is 5.75 Å². The standard InChI is InChI=1S/C26H27NO7S/c1-17(2)25(28)32-14-15-33-26(29)23(35(30,31)20-9-6-18(3)7-10-20)12-13-24-27(5)21-16-19(4)8-11-22(21)34-24/h6-13,16H,1,14-15H2,2-5H3/b23-12-,24-13-. The number of rotatable bonds is 8. The molecule has 184 valence electrons. The van der Waals surface area contributed by atoms with Gasteiger partial charge < -0.3 is 19.1 Å². The molecule has 35 heavy (non-hydrogen) atoms. The van der Waals surface area contributed by atoms with Gasteiger partial charge in [-0.25, -0.2) is 18.0 Å². The molecule has 0 unspecified atom stereocenters. The summed E-state index contributed by atoms with van der Waals surface area (Å²) in [6.45, 7) is 8.16. The van der Waals surface area contributed by atoms with Crippen molar-refractivity contribution in [2.24, 2.45) is 0 Å². The van der Waals surface area contributed by atoms with E-state index in [2.05, 4.69) is 6.58 Å². The van der Waals surface area contributed by atoms with E-state index >= 15 is 0 Å². The maximum atomic E-state index is 13.3. The molecule has 0 bridgehead atoms. The molecular formula is C26H27NO7S. The Bertz CT molecular complexity index is 1320. The first-order chi connectivity index (χ1) is 16.5. The number of esters is 2. The number of carbonyl (C=O) groups excluding carboxylic acids is 2. The van der Waals surface area contributed by atoms with Crippen molar-refractivity contribution in [1.82, 2.24) is 0 Å². The third kappa shape index (κ3) is 5.99. The average Bonchev–Trinajstić information content (AvgIpc) is 3.11. The average molecular weight is 498 g/mol. The molecule has 2 aromatic carbocycles. The lowest BCUT2D eigenvalue weighted by Crippen LogP contribution is -2.20. The van der Waals surface area contributed by atoms with Crippen molar-refractivity contribution in [3.05, 3.63) is 88.7 Å². The molecule has 0 N–H and O–H groups in total. The molecule has 2 aromatic rings. The van der Waals surface area contributed by atoms with Gasteiger partial charge >= 0.3 is 11.9 Å². The third-order valence-electron chi connectivity index (χ3n) is 5.12. The number of carbonyl (C=O) groups is 2. The molecule has 0 aromatic heterocycles. The number of hydrogen-bond donors (Lipinski definition) is 0. The molecule has 0 radical (unpaired) electrons. The quantitative estimate of drug-likeness (QED) is 0.307. The van der Waals surface area contributed by atoms with Crippen molar-refractivity contribution in [3.63, 3.8) is 0 Å². The summed E-state index contributed by atoms with van der Waals surface area (Å²) in [6.07, 6.45) is 2.56. The van der Waals surface area contributed by atoms with Gasteiger partial charge in [-0.2, -0.15) is 0 Å². The van der Waals surface area contributed by atoms with E-state index < -0.39 is 26.7 Å². The lowest BCUT2D eigenvalue weighted by Gasteiger charge is -2.12. The number of aryl methyl sites for hydroxylation is 2. The van der Waals surface area contributed by atoms with Gasteiger partial charge in [0.05, 0.1) is 10.6 Å². The number of allylic oxidation sites excluding steroid dienone is 2. The molecule has 3 rings (SSSR count). The van der Waals surface area contributed by atoms with Crippen molar-refractivity contribution in [2.75, 3.05) is 25.2 Å². The van der Waals surface area contributed by atoms with Crippen molar-refractivity contribution in [3.8, 4) is 5.75 Å². The van der Waals surface area contributed by atoms with Crippen LogP contribution >= 0.6 is 0 Å². The zero-order chi connectivity index (χ0) is 25.8. The molecule has 0 atom stereocenters. The number of hydrogen-bond acceptors (Lipinski definition) is 8. The lowest BCUT2D eigenvalue weighted by molar-refractivity contribution is -0.146. The molecule has 0 saturated heterocycles. The van der Waals surface area contributed by atoms with E-state index in [-0.39, 0.29) is 23.7 Å². The normalized spacial score (nSPS) is 14.3. The van der Waals surface area contributed by atoms with Gasteiger partial charge in [0, 0.05) is 18.7 Å². The van der Waals surface area contributed by atoms with E-state index in [4.69, 9.17) is 14.2 Å². The maximum absolute atomic E-state index is 13.3. The number of ether oxygens (including phenoxy) is 3. The Morgan fingerprint density at radius 2 is 1.60 bits per heavy atom. The van der Waals surface area contributed by atoms with Crippen molar-refractivity contribution >= 4 is 27.5 Å². The van der Waals surface area contributed by atoms with Gasteiger partial charge in [0.2, 0.25) is 9.84 Å². The molecule has 1 aliphatic rings.